The summed E-state index contributed by atoms with van der Waals surface area (Å²) < 4.78 is 2.06. The predicted octanol–water partition coefficient (Wildman–Crippen LogP) is 1.24. The number of hydrogen-bond donors (Lipinski definition) is 1. The molecule has 1 atom stereocenters. The lowest BCUT2D eigenvalue weighted by molar-refractivity contribution is 0.129. The molecule has 1 unspecified atom stereocenters. The summed E-state index contributed by atoms with van der Waals surface area (Å²) in [6, 6.07) is 4.15. The quantitative estimate of drug-likeness (QED) is 0.852. The second-order valence-electron chi connectivity index (χ2n) is 4.09. The van der Waals surface area contributed by atoms with Gasteiger partial charge in [0.2, 0.25) is 0 Å². The largest absolute Gasteiger partial charge is 0.391 e. The van der Waals surface area contributed by atoms with Gasteiger partial charge in [-0.3, -0.25) is 0 Å². The molecule has 1 aliphatic heterocycles. The van der Waals surface area contributed by atoms with Crippen molar-refractivity contribution in [2.75, 3.05) is 0 Å². The summed E-state index contributed by atoms with van der Waals surface area (Å²) in [6.45, 7) is 0.642. The molecule has 1 N–H and O–H groups in total. The van der Waals surface area contributed by atoms with Crippen LogP contribution in [0.4, 0.5) is 0 Å². The number of aryl methyl sites for hydroxylation is 1. The van der Waals surface area contributed by atoms with E-state index >= 15 is 0 Å². The smallest absolute Gasteiger partial charge is 0.138 e. The first-order valence-corrected chi connectivity index (χ1v) is 6.32. The van der Waals surface area contributed by atoms with Gasteiger partial charge in [-0.1, -0.05) is 6.07 Å². The van der Waals surface area contributed by atoms with E-state index in [9.17, 15) is 5.11 Å². The Morgan fingerprint density at radius 2 is 2.44 bits per heavy atom. The van der Waals surface area contributed by atoms with Crippen molar-refractivity contribution in [3.05, 3.63) is 34.0 Å². The Bertz CT molecular complexity index is 477. The number of fused-ring (bicyclic) bond motifs is 1. The highest BCUT2D eigenvalue weighted by Gasteiger charge is 2.21. The highest BCUT2D eigenvalue weighted by Crippen LogP contribution is 2.19. The SMILES string of the molecule is OC1CCc2nnc(Cc3cccs3)n2C1. The summed E-state index contributed by atoms with van der Waals surface area (Å²) in [5.41, 5.74) is 0. The van der Waals surface area contributed by atoms with Gasteiger partial charge in [-0.05, 0) is 17.9 Å². The van der Waals surface area contributed by atoms with Crippen LogP contribution in [0.25, 0.3) is 0 Å². The molecule has 0 aromatic carbocycles. The minimum Gasteiger partial charge on any atom is -0.391 e. The third-order valence-electron chi connectivity index (χ3n) is 2.91. The molecule has 0 amide bonds. The van der Waals surface area contributed by atoms with Crippen LogP contribution in [0.3, 0.4) is 0 Å². The minimum atomic E-state index is -0.245. The molecular weight excluding hydrogens is 222 g/mol. The normalized spacial score (nSPS) is 19.7. The molecule has 84 valence electrons. The van der Waals surface area contributed by atoms with Gasteiger partial charge in [-0.25, -0.2) is 0 Å². The molecule has 5 heteroatoms. The van der Waals surface area contributed by atoms with E-state index in [1.54, 1.807) is 11.3 Å². The first-order chi connectivity index (χ1) is 7.83. The maximum atomic E-state index is 9.65. The highest BCUT2D eigenvalue weighted by molar-refractivity contribution is 7.09. The third kappa shape index (κ3) is 1.76. The number of rotatable bonds is 2. The molecule has 0 bridgehead atoms. The van der Waals surface area contributed by atoms with Crippen LogP contribution in [0.2, 0.25) is 0 Å². The van der Waals surface area contributed by atoms with Gasteiger partial charge >= 0.3 is 0 Å². The summed E-state index contributed by atoms with van der Waals surface area (Å²) in [6.07, 6.45) is 2.21. The molecule has 0 fully saturated rings. The average Bonchev–Trinajstić information content (AvgIpc) is 2.90. The lowest BCUT2D eigenvalue weighted by Crippen LogP contribution is -2.25. The Morgan fingerprint density at radius 3 is 3.25 bits per heavy atom. The summed E-state index contributed by atoms with van der Waals surface area (Å²) in [7, 11) is 0. The molecule has 0 saturated heterocycles. The number of aliphatic hydroxyl groups is 1. The van der Waals surface area contributed by atoms with Crippen molar-refractivity contribution < 1.29 is 5.11 Å². The van der Waals surface area contributed by atoms with Gasteiger partial charge in [0.25, 0.3) is 0 Å². The monoisotopic (exact) mass is 235 g/mol. The standard InChI is InChI=1S/C11H13N3OS/c15-8-3-4-10-12-13-11(14(10)7-8)6-9-2-1-5-16-9/h1-2,5,8,15H,3-4,6-7H2. The maximum Gasteiger partial charge on any atom is 0.138 e. The van der Waals surface area contributed by atoms with Crippen LogP contribution < -0.4 is 0 Å². The molecule has 4 nitrogen and oxygen atoms in total. The van der Waals surface area contributed by atoms with Gasteiger partial charge in [0, 0.05) is 17.7 Å². The number of nitrogens with zero attached hydrogens (tertiary/aromatic N) is 3. The fraction of sp³-hybridized carbons (Fsp3) is 0.455. The molecule has 3 rings (SSSR count). The molecule has 2 aromatic rings. The first kappa shape index (κ1) is 9.99. The van der Waals surface area contributed by atoms with Crippen LogP contribution in [0.5, 0.6) is 0 Å². The van der Waals surface area contributed by atoms with Crippen LogP contribution >= 0.6 is 11.3 Å². The van der Waals surface area contributed by atoms with Gasteiger partial charge in [0.05, 0.1) is 12.6 Å². The van der Waals surface area contributed by atoms with Crippen LogP contribution in [0.15, 0.2) is 17.5 Å². The minimum absolute atomic E-state index is 0.245. The van der Waals surface area contributed by atoms with E-state index in [0.29, 0.717) is 6.54 Å². The summed E-state index contributed by atoms with van der Waals surface area (Å²) in [5.74, 6) is 1.98. The lowest BCUT2D eigenvalue weighted by Gasteiger charge is -2.19. The van der Waals surface area contributed by atoms with Gasteiger partial charge in [0.1, 0.15) is 11.6 Å². The Labute approximate surface area is 97.6 Å². The molecule has 16 heavy (non-hydrogen) atoms. The Kier molecular flexibility index (Phi) is 2.49. The Hall–Kier alpha value is -1.20. The van der Waals surface area contributed by atoms with E-state index < -0.39 is 0 Å². The van der Waals surface area contributed by atoms with Crippen molar-refractivity contribution in [2.45, 2.75) is 31.9 Å². The first-order valence-electron chi connectivity index (χ1n) is 5.44. The molecule has 0 radical (unpaired) electrons. The topological polar surface area (TPSA) is 50.9 Å². The highest BCUT2D eigenvalue weighted by atomic mass is 32.1. The van der Waals surface area contributed by atoms with Crippen molar-refractivity contribution >= 4 is 11.3 Å². The van der Waals surface area contributed by atoms with E-state index in [1.165, 1.54) is 4.88 Å². The fourth-order valence-electron chi connectivity index (χ4n) is 2.07. The van der Waals surface area contributed by atoms with Crippen molar-refractivity contribution in [2.24, 2.45) is 0 Å². The van der Waals surface area contributed by atoms with E-state index in [-0.39, 0.29) is 6.10 Å². The Morgan fingerprint density at radius 1 is 1.50 bits per heavy atom. The molecule has 0 spiro atoms. The lowest BCUT2D eigenvalue weighted by atomic mass is 10.1. The summed E-state index contributed by atoms with van der Waals surface area (Å²) in [4.78, 5) is 1.29. The third-order valence-corrected chi connectivity index (χ3v) is 3.79. The predicted molar refractivity (Wildman–Crippen MR) is 61.5 cm³/mol. The molecule has 0 aliphatic carbocycles. The van der Waals surface area contributed by atoms with Crippen molar-refractivity contribution in [1.29, 1.82) is 0 Å². The molecule has 1 aliphatic rings. The fourth-order valence-corrected chi connectivity index (χ4v) is 2.77. The Balaban J connectivity index is 1.88. The van der Waals surface area contributed by atoms with Gasteiger partial charge in [0.15, 0.2) is 0 Å². The van der Waals surface area contributed by atoms with Crippen LogP contribution in [0.1, 0.15) is 22.9 Å². The van der Waals surface area contributed by atoms with Crippen LogP contribution in [0, 0.1) is 0 Å². The molecule has 0 saturated carbocycles. The van der Waals surface area contributed by atoms with Gasteiger partial charge in [-0.2, -0.15) is 0 Å². The van der Waals surface area contributed by atoms with E-state index in [4.69, 9.17) is 0 Å². The maximum absolute atomic E-state index is 9.65. The van der Waals surface area contributed by atoms with Crippen molar-refractivity contribution in [3.8, 4) is 0 Å². The van der Waals surface area contributed by atoms with Crippen LogP contribution in [-0.2, 0) is 19.4 Å². The number of thiophene rings is 1. The van der Waals surface area contributed by atoms with Crippen LogP contribution in [-0.4, -0.2) is 26.0 Å². The van der Waals surface area contributed by atoms with E-state index in [2.05, 4.69) is 26.2 Å². The number of hydrogen-bond acceptors (Lipinski definition) is 4. The van der Waals surface area contributed by atoms with Crippen molar-refractivity contribution in [3.63, 3.8) is 0 Å². The molecular formula is C11H13N3OS. The zero-order valence-corrected chi connectivity index (χ0v) is 9.65. The van der Waals surface area contributed by atoms with E-state index in [0.717, 1.165) is 30.9 Å². The van der Waals surface area contributed by atoms with Gasteiger partial charge < -0.3 is 9.67 Å². The van der Waals surface area contributed by atoms with Gasteiger partial charge in [-0.15, -0.1) is 21.5 Å². The summed E-state index contributed by atoms with van der Waals surface area (Å²) >= 11 is 1.73. The number of aromatic nitrogens is 3. The zero-order valence-electron chi connectivity index (χ0n) is 8.83. The second kappa shape index (κ2) is 3.99. The molecule has 3 heterocycles. The molecule has 2 aromatic heterocycles. The summed E-state index contributed by atoms with van der Waals surface area (Å²) in [5, 5.41) is 20.1. The average molecular weight is 235 g/mol. The number of aliphatic hydroxyl groups excluding tert-OH is 1. The van der Waals surface area contributed by atoms with E-state index in [1.807, 2.05) is 6.07 Å². The second-order valence-corrected chi connectivity index (χ2v) is 5.12. The van der Waals surface area contributed by atoms with Crippen molar-refractivity contribution in [1.82, 2.24) is 14.8 Å². The zero-order chi connectivity index (χ0) is 11.0.